The van der Waals surface area contributed by atoms with Crippen molar-refractivity contribution in [1.29, 1.82) is 0 Å². The number of carboxylic acids is 1. The van der Waals surface area contributed by atoms with Gasteiger partial charge in [0.2, 0.25) is 5.91 Å². The molecule has 0 aliphatic heterocycles. The van der Waals surface area contributed by atoms with Crippen LogP contribution in [-0.2, 0) is 22.4 Å². The Morgan fingerprint density at radius 2 is 1.73 bits per heavy atom. The van der Waals surface area contributed by atoms with Crippen LogP contribution in [0.5, 0.6) is 0 Å². The highest BCUT2D eigenvalue weighted by Gasteiger charge is 2.48. The maximum atomic E-state index is 13.2. The number of carbonyl (C=O) groups excluding carboxylic acids is 2. The predicted molar refractivity (Wildman–Crippen MR) is 116 cm³/mol. The third-order valence-corrected chi connectivity index (χ3v) is 8.48. The van der Waals surface area contributed by atoms with E-state index in [-0.39, 0.29) is 23.2 Å². The molecule has 4 aliphatic carbocycles. The van der Waals surface area contributed by atoms with E-state index in [1.165, 1.54) is 11.3 Å². The van der Waals surface area contributed by atoms with Crippen LogP contribution in [0.15, 0.2) is 12.2 Å². The molecule has 1 saturated carbocycles. The monoisotopic (exact) mass is 430 g/mol. The minimum absolute atomic E-state index is 0.0759. The fourth-order valence-corrected chi connectivity index (χ4v) is 6.89. The third-order valence-electron chi connectivity index (χ3n) is 7.31. The molecule has 0 aromatic carbocycles. The molecule has 0 saturated heterocycles. The van der Waals surface area contributed by atoms with Crippen molar-refractivity contribution < 1.29 is 19.5 Å². The number of primary amides is 1. The fraction of sp³-hybridized carbons (Fsp3) is 0.609. The Morgan fingerprint density at radius 3 is 2.27 bits per heavy atom. The molecule has 0 spiro atoms. The zero-order chi connectivity index (χ0) is 21.8. The lowest BCUT2D eigenvalue weighted by Crippen LogP contribution is -2.47. The lowest BCUT2D eigenvalue weighted by molar-refractivity contribution is -0.151. The van der Waals surface area contributed by atoms with Crippen molar-refractivity contribution in [2.45, 2.75) is 52.9 Å². The predicted octanol–water partition coefficient (Wildman–Crippen LogP) is 3.85. The number of nitrogens with one attached hydrogen (secondary N) is 1. The lowest BCUT2D eigenvalue weighted by atomic mass is 9.62. The number of fused-ring (bicyclic) bond motifs is 3. The van der Waals surface area contributed by atoms with Crippen molar-refractivity contribution in [2.75, 3.05) is 5.32 Å². The van der Waals surface area contributed by atoms with Gasteiger partial charge in [-0.15, -0.1) is 11.3 Å². The standard InChI is InChI=1S/C23H30N2O4S/c1-23(2,3)13-8-9-14-15(10-13)30-21(18(14)19(24)26)25-20(27)16-11-4-6-12(7-5-11)17(16)22(28)29/h4,6,11-13,16-17H,5,7-10H2,1-3H3,(H2,24,26)(H,25,27)(H,28,29)/t11-,12+,13+,16-,17+/m1/s1. The summed E-state index contributed by atoms with van der Waals surface area (Å²) < 4.78 is 0. The number of amides is 2. The van der Waals surface area contributed by atoms with Crippen LogP contribution >= 0.6 is 11.3 Å². The highest BCUT2D eigenvalue weighted by Crippen LogP contribution is 2.47. The minimum Gasteiger partial charge on any atom is -0.481 e. The maximum Gasteiger partial charge on any atom is 0.307 e. The molecule has 1 aromatic heterocycles. The second-order valence-electron chi connectivity index (χ2n) is 10.0. The highest BCUT2D eigenvalue weighted by atomic mass is 32.1. The van der Waals surface area contributed by atoms with Crippen molar-refractivity contribution >= 4 is 34.1 Å². The van der Waals surface area contributed by atoms with Crippen LogP contribution in [0.1, 0.15) is 60.8 Å². The summed E-state index contributed by atoms with van der Waals surface area (Å²) in [5, 5.41) is 13.2. The zero-order valence-corrected chi connectivity index (χ0v) is 18.6. The van der Waals surface area contributed by atoms with E-state index in [0.29, 0.717) is 16.5 Å². The molecule has 1 aromatic rings. The van der Waals surface area contributed by atoms with Crippen LogP contribution in [0.3, 0.4) is 0 Å². The summed E-state index contributed by atoms with van der Waals surface area (Å²) in [4.78, 5) is 38.5. The van der Waals surface area contributed by atoms with Gasteiger partial charge in [0, 0.05) is 4.88 Å². The summed E-state index contributed by atoms with van der Waals surface area (Å²) in [6.45, 7) is 6.68. The van der Waals surface area contributed by atoms with Gasteiger partial charge in [-0.2, -0.15) is 0 Å². The number of carboxylic acid groups (broad SMARTS) is 1. The number of nitrogens with two attached hydrogens (primary N) is 1. The van der Waals surface area contributed by atoms with Gasteiger partial charge in [-0.3, -0.25) is 14.4 Å². The van der Waals surface area contributed by atoms with Crippen LogP contribution in [0.2, 0.25) is 0 Å². The van der Waals surface area contributed by atoms with E-state index in [9.17, 15) is 19.5 Å². The second kappa shape index (κ2) is 7.52. The van der Waals surface area contributed by atoms with E-state index in [1.807, 2.05) is 12.2 Å². The normalized spacial score (nSPS) is 30.0. The first-order chi connectivity index (χ1) is 14.1. The van der Waals surface area contributed by atoms with Crippen LogP contribution in [0.25, 0.3) is 0 Å². The van der Waals surface area contributed by atoms with Gasteiger partial charge in [0.1, 0.15) is 5.00 Å². The van der Waals surface area contributed by atoms with Crippen molar-refractivity contribution in [3.05, 3.63) is 28.2 Å². The Morgan fingerprint density at radius 1 is 1.10 bits per heavy atom. The average Bonchev–Trinajstić information content (AvgIpc) is 3.04. The summed E-state index contributed by atoms with van der Waals surface area (Å²) in [5.41, 5.74) is 7.25. The molecule has 4 aliphatic rings. The number of hydrogen-bond acceptors (Lipinski definition) is 4. The second-order valence-corrected chi connectivity index (χ2v) is 11.2. The average molecular weight is 431 g/mol. The number of hydrogen-bond donors (Lipinski definition) is 3. The van der Waals surface area contributed by atoms with Crippen LogP contribution < -0.4 is 11.1 Å². The Bertz CT molecular complexity index is 926. The summed E-state index contributed by atoms with van der Waals surface area (Å²) in [5.74, 6) is -2.78. The summed E-state index contributed by atoms with van der Waals surface area (Å²) in [7, 11) is 0. The zero-order valence-electron chi connectivity index (χ0n) is 17.7. The van der Waals surface area contributed by atoms with Crippen molar-refractivity contribution in [3.8, 4) is 0 Å². The Kier molecular flexibility index (Phi) is 5.29. The van der Waals surface area contributed by atoms with Gasteiger partial charge in [-0.1, -0.05) is 32.9 Å². The van der Waals surface area contributed by atoms with Gasteiger partial charge < -0.3 is 16.2 Å². The fourth-order valence-electron chi connectivity index (χ4n) is 5.56. The number of thiophene rings is 1. The van der Waals surface area contributed by atoms with Crippen LogP contribution in [0.4, 0.5) is 5.00 Å². The summed E-state index contributed by atoms with van der Waals surface area (Å²) in [6.07, 6.45) is 8.18. The molecule has 0 radical (unpaired) electrons. The summed E-state index contributed by atoms with van der Waals surface area (Å²) >= 11 is 1.43. The highest BCUT2D eigenvalue weighted by molar-refractivity contribution is 7.17. The Balaban J connectivity index is 1.63. The van der Waals surface area contributed by atoms with E-state index in [2.05, 4.69) is 26.1 Å². The topological polar surface area (TPSA) is 109 Å². The lowest BCUT2D eigenvalue weighted by Gasteiger charge is -2.41. The maximum absolute atomic E-state index is 13.2. The van der Waals surface area contributed by atoms with Crippen molar-refractivity contribution in [2.24, 2.45) is 40.7 Å². The smallest absolute Gasteiger partial charge is 0.307 e. The molecule has 2 bridgehead atoms. The first-order valence-corrected chi connectivity index (χ1v) is 11.6. The molecule has 30 heavy (non-hydrogen) atoms. The number of carbonyl (C=O) groups is 3. The summed E-state index contributed by atoms with van der Waals surface area (Å²) in [6, 6.07) is 0. The van der Waals surface area contributed by atoms with Gasteiger partial charge in [0.05, 0.1) is 17.4 Å². The molecule has 1 fully saturated rings. The number of rotatable bonds is 4. The van der Waals surface area contributed by atoms with E-state index in [4.69, 9.17) is 5.73 Å². The molecule has 7 heteroatoms. The third kappa shape index (κ3) is 3.57. The molecule has 5 atom stereocenters. The number of allylic oxidation sites excluding steroid dienone is 2. The van der Waals surface area contributed by atoms with Gasteiger partial charge in [0.25, 0.3) is 5.91 Å². The molecule has 6 nitrogen and oxygen atoms in total. The van der Waals surface area contributed by atoms with Gasteiger partial charge in [-0.25, -0.2) is 0 Å². The molecule has 2 amide bonds. The van der Waals surface area contributed by atoms with Crippen LogP contribution in [-0.4, -0.2) is 22.9 Å². The Hall–Kier alpha value is -2.15. The van der Waals surface area contributed by atoms with Gasteiger partial charge in [0.15, 0.2) is 0 Å². The molecule has 162 valence electrons. The van der Waals surface area contributed by atoms with Crippen LogP contribution in [0, 0.1) is 35.0 Å². The molecule has 1 heterocycles. The SMILES string of the molecule is CC(C)(C)[C@H]1CCc2c(sc(NC(=O)[C@H]3[C@@H](C(=O)O)[C@H]4C=C[C@@H]3CC4)c2C(N)=O)C1. The van der Waals surface area contributed by atoms with E-state index in [1.54, 1.807) is 0 Å². The molecular formula is C23H30N2O4S. The molecule has 4 N–H and O–H groups in total. The Labute approximate surface area is 180 Å². The first kappa shape index (κ1) is 21.1. The minimum atomic E-state index is -0.928. The van der Waals surface area contributed by atoms with Gasteiger partial charge >= 0.3 is 5.97 Å². The van der Waals surface area contributed by atoms with E-state index >= 15 is 0 Å². The van der Waals surface area contributed by atoms with Gasteiger partial charge in [-0.05, 0) is 60.8 Å². The number of aliphatic carboxylic acids is 1. The molecular weight excluding hydrogens is 400 g/mol. The number of anilines is 1. The van der Waals surface area contributed by atoms with Crippen molar-refractivity contribution in [1.82, 2.24) is 0 Å². The quantitative estimate of drug-likeness (QED) is 0.630. The van der Waals surface area contributed by atoms with E-state index in [0.717, 1.165) is 42.5 Å². The van der Waals surface area contributed by atoms with Crippen molar-refractivity contribution in [3.63, 3.8) is 0 Å². The molecule has 0 unspecified atom stereocenters. The van der Waals surface area contributed by atoms with E-state index < -0.39 is 23.7 Å². The molecule has 5 rings (SSSR count). The largest absolute Gasteiger partial charge is 0.481 e. The first-order valence-electron chi connectivity index (χ1n) is 10.7.